The molecule has 1 aliphatic carbocycles. The van der Waals surface area contributed by atoms with Gasteiger partial charge in [0.25, 0.3) is 0 Å². The van der Waals surface area contributed by atoms with Crippen molar-refractivity contribution in [2.75, 3.05) is 6.61 Å². The first kappa shape index (κ1) is 17.0. The maximum atomic E-state index is 6.26. The monoisotopic (exact) mass is 268 g/mol. The van der Waals surface area contributed by atoms with Crippen LogP contribution in [0.15, 0.2) is 0 Å². The standard InChI is InChI=1S/C18H36O/c1-14-11-15(9-10-18(14,7)8)19-13-17(5,6)12-16(2,3)4/h14-15H,9-13H2,1-8H3. The lowest BCUT2D eigenvalue weighted by Gasteiger charge is -2.41. The van der Waals surface area contributed by atoms with Gasteiger partial charge in [0, 0.05) is 0 Å². The molecule has 0 aromatic heterocycles. The lowest BCUT2D eigenvalue weighted by atomic mass is 9.69. The van der Waals surface area contributed by atoms with Crippen molar-refractivity contribution in [2.24, 2.45) is 22.2 Å². The van der Waals surface area contributed by atoms with Gasteiger partial charge >= 0.3 is 0 Å². The SMILES string of the molecule is CC1CC(OCC(C)(C)CC(C)(C)C)CCC1(C)C. The second-order valence-corrected chi connectivity index (χ2v) is 9.50. The van der Waals surface area contributed by atoms with Gasteiger partial charge in [-0.05, 0) is 47.8 Å². The number of ether oxygens (including phenoxy) is 1. The average Bonchev–Trinajstić information content (AvgIpc) is 2.17. The molecule has 1 rings (SSSR count). The molecule has 0 spiro atoms. The number of hydrogen-bond donors (Lipinski definition) is 0. The van der Waals surface area contributed by atoms with Crippen LogP contribution >= 0.6 is 0 Å². The van der Waals surface area contributed by atoms with Gasteiger partial charge in [-0.2, -0.15) is 0 Å². The predicted molar refractivity (Wildman–Crippen MR) is 84.4 cm³/mol. The van der Waals surface area contributed by atoms with Crippen molar-refractivity contribution in [1.29, 1.82) is 0 Å². The average molecular weight is 268 g/mol. The van der Waals surface area contributed by atoms with Gasteiger partial charge in [-0.3, -0.25) is 0 Å². The van der Waals surface area contributed by atoms with E-state index >= 15 is 0 Å². The Hall–Kier alpha value is -0.0400. The highest BCUT2D eigenvalue weighted by molar-refractivity contribution is 4.85. The maximum Gasteiger partial charge on any atom is 0.0578 e. The van der Waals surface area contributed by atoms with E-state index in [1.807, 2.05) is 0 Å². The molecule has 0 N–H and O–H groups in total. The van der Waals surface area contributed by atoms with Crippen molar-refractivity contribution in [3.05, 3.63) is 0 Å². The summed E-state index contributed by atoms with van der Waals surface area (Å²) in [6.07, 6.45) is 5.48. The van der Waals surface area contributed by atoms with Crippen LogP contribution in [-0.2, 0) is 4.74 Å². The molecule has 0 heterocycles. The highest BCUT2D eigenvalue weighted by atomic mass is 16.5. The van der Waals surface area contributed by atoms with Gasteiger partial charge in [-0.25, -0.2) is 0 Å². The molecule has 0 aromatic carbocycles. The summed E-state index contributed by atoms with van der Waals surface area (Å²) in [6.45, 7) is 19.7. The minimum atomic E-state index is 0.286. The predicted octanol–water partition coefficient (Wildman–Crippen LogP) is 5.68. The van der Waals surface area contributed by atoms with E-state index in [9.17, 15) is 0 Å². The van der Waals surface area contributed by atoms with Gasteiger partial charge < -0.3 is 4.74 Å². The normalized spacial score (nSPS) is 28.4. The zero-order chi connectivity index (χ0) is 14.9. The Morgan fingerprint density at radius 1 is 1.11 bits per heavy atom. The highest BCUT2D eigenvalue weighted by Crippen LogP contribution is 2.42. The largest absolute Gasteiger partial charge is 0.378 e. The van der Waals surface area contributed by atoms with Crippen LogP contribution in [0.5, 0.6) is 0 Å². The number of rotatable bonds is 4. The summed E-state index contributed by atoms with van der Waals surface area (Å²) in [6, 6.07) is 0. The van der Waals surface area contributed by atoms with E-state index in [0.29, 0.717) is 16.9 Å². The Balaban J connectivity index is 2.41. The van der Waals surface area contributed by atoms with E-state index in [0.717, 1.165) is 12.5 Å². The third-order valence-electron chi connectivity index (χ3n) is 4.78. The smallest absolute Gasteiger partial charge is 0.0578 e. The molecule has 114 valence electrons. The Morgan fingerprint density at radius 2 is 1.68 bits per heavy atom. The molecule has 0 aromatic rings. The van der Waals surface area contributed by atoms with Crippen LogP contribution in [0.25, 0.3) is 0 Å². The maximum absolute atomic E-state index is 6.26. The van der Waals surface area contributed by atoms with E-state index in [-0.39, 0.29) is 5.41 Å². The fourth-order valence-electron chi connectivity index (χ4n) is 3.59. The summed E-state index contributed by atoms with van der Waals surface area (Å²) in [5, 5.41) is 0. The molecule has 2 atom stereocenters. The zero-order valence-electron chi connectivity index (χ0n) is 14.6. The molecule has 0 radical (unpaired) electrons. The second-order valence-electron chi connectivity index (χ2n) is 9.50. The fraction of sp³-hybridized carbons (Fsp3) is 1.00. The third-order valence-corrected chi connectivity index (χ3v) is 4.78. The van der Waals surface area contributed by atoms with Gasteiger partial charge in [0.15, 0.2) is 0 Å². The molecular formula is C18H36O. The summed E-state index contributed by atoms with van der Waals surface area (Å²) < 4.78 is 6.26. The van der Waals surface area contributed by atoms with E-state index in [1.54, 1.807) is 0 Å². The van der Waals surface area contributed by atoms with Crippen molar-refractivity contribution >= 4 is 0 Å². The van der Waals surface area contributed by atoms with E-state index in [4.69, 9.17) is 4.74 Å². The molecule has 1 heteroatoms. The van der Waals surface area contributed by atoms with Crippen LogP contribution in [0.3, 0.4) is 0 Å². The fourth-order valence-corrected chi connectivity index (χ4v) is 3.59. The summed E-state index contributed by atoms with van der Waals surface area (Å²) in [5.74, 6) is 0.775. The Morgan fingerprint density at radius 3 is 2.16 bits per heavy atom. The molecule has 0 amide bonds. The molecule has 1 nitrogen and oxygen atoms in total. The molecule has 1 aliphatic rings. The van der Waals surface area contributed by atoms with Crippen LogP contribution in [-0.4, -0.2) is 12.7 Å². The van der Waals surface area contributed by atoms with Crippen LogP contribution in [0.2, 0.25) is 0 Å². The van der Waals surface area contributed by atoms with Crippen molar-refractivity contribution in [2.45, 2.75) is 87.2 Å². The Bertz CT molecular complexity index is 283. The molecule has 0 aliphatic heterocycles. The second kappa shape index (κ2) is 5.76. The molecule has 0 bridgehead atoms. The van der Waals surface area contributed by atoms with E-state index in [1.165, 1.54) is 25.7 Å². The summed E-state index contributed by atoms with van der Waals surface area (Å²) in [7, 11) is 0. The number of hydrogen-bond acceptors (Lipinski definition) is 1. The Labute approximate surface area is 121 Å². The van der Waals surface area contributed by atoms with Crippen molar-refractivity contribution in [3.63, 3.8) is 0 Å². The van der Waals surface area contributed by atoms with Crippen LogP contribution in [0, 0.1) is 22.2 Å². The van der Waals surface area contributed by atoms with Crippen LogP contribution < -0.4 is 0 Å². The molecule has 1 saturated carbocycles. The van der Waals surface area contributed by atoms with Crippen molar-refractivity contribution < 1.29 is 4.74 Å². The first-order valence-electron chi connectivity index (χ1n) is 8.03. The lowest BCUT2D eigenvalue weighted by molar-refractivity contribution is -0.0558. The quantitative estimate of drug-likeness (QED) is 0.637. The molecule has 2 unspecified atom stereocenters. The molecule has 1 fully saturated rings. The first-order chi connectivity index (χ1) is 8.41. The zero-order valence-corrected chi connectivity index (χ0v) is 14.6. The topological polar surface area (TPSA) is 9.23 Å². The van der Waals surface area contributed by atoms with Crippen LogP contribution in [0.4, 0.5) is 0 Å². The minimum absolute atomic E-state index is 0.286. The minimum Gasteiger partial charge on any atom is -0.378 e. The summed E-state index contributed by atoms with van der Waals surface area (Å²) in [5.41, 5.74) is 1.17. The highest BCUT2D eigenvalue weighted by Gasteiger charge is 2.35. The molecule has 19 heavy (non-hydrogen) atoms. The van der Waals surface area contributed by atoms with Gasteiger partial charge in [0.05, 0.1) is 12.7 Å². The molecular weight excluding hydrogens is 232 g/mol. The van der Waals surface area contributed by atoms with Crippen LogP contribution in [0.1, 0.15) is 81.1 Å². The van der Waals surface area contributed by atoms with Crippen molar-refractivity contribution in [1.82, 2.24) is 0 Å². The Kier molecular flexibility index (Phi) is 5.15. The first-order valence-corrected chi connectivity index (χ1v) is 8.03. The van der Waals surface area contributed by atoms with Gasteiger partial charge in [0.2, 0.25) is 0 Å². The van der Waals surface area contributed by atoms with E-state index in [2.05, 4.69) is 55.4 Å². The lowest BCUT2D eigenvalue weighted by Crippen LogP contribution is -2.36. The van der Waals surface area contributed by atoms with Gasteiger partial charge in [-0.15, -0.1) is 0 Å². The molecule has 0 saturated heterocycles. The van der Waals surface area contributed by atoms with Crippen molar-refractivity contribution in [3.8, 4) is 0 Å². The third kappa shape index (κ3) is 5.85. The van der Waals surface area contributed by atoms with Gasteiger partial charge in [-0.1, -0.05) is 55.4 Å². The van der Waals surface area contributed by atoms with E-state index < -0.39 is 0 Å². The summed E-state index contributed by atoms with van der Waals surface area (Å²) in [4.78, 5) is 0. The van der Waals surface area contributed by atoms with Gasteiger partial charge in [0.1, 0.15) is 0 Å². The summed E-state index contributed by atoms with van der Waals surface area (Å²) >= 11 is 0.